The summed E-state index contributed by atoms with van der Waals surface area (Å²) in [6, 6.07) is 74.1. The van der Waals surface area contributed by atoms with Crippen molar-refractivity contribution in [2.24, 2.45) is 0 Å². The first-order valence-corrected chi connectivity index (χ1v) is 23.1. The Balaban J connectivity index is 1.01. The second-order valence-electron chi connectivity index (χ2n) is 17.3. The Hall–Kier alpha value is -7.78. The van der Waals surface area contributed by atoms with Gasteiger partial charge in [0.2, 0.25) is 0 Å². The van der Waals surface area contributed by atoms with Crippen LogP contribution in [0.3, 0.4) is 0 Å². The molecule has 11 aromatic carbocycles. The van der Waals surface area contributed by atoms with Crippen molar-refractivity contribution >= 4 is 108 Å². The number of hydrogen-bond acceptors (Lipinski definition) is 2. The van der Waals surface area contributed by atoms with E-state index in [-0.39, 0.29) is 5.92 Å². The molecule has 0 bridgehead atoms. The van der Waals surface area contributed by atoms with Crippen molar-refractivity contribution in [2.75, 3.05) is 0 Å². The van der Waals surface area contributed by atoms with Gasteiger partial charge in [0.15, 0.2) is 0 Å². The fourth-order valence-electron chi connectivity index (χ4n) is 11.3. The van der Waals surface area contributed by atoms with Gasteiger partial charge in [0.05, 0.1) is 0 Å². The molecule has 1 unspecified atom stereocenters. The summed E-state index contributed by atoms with van der Waals surface area (Å²) in [6.45, 7) is 0. The van der Waals surface area contributed by atoms with Crippen LogP contribution in [0.5, 0.6) is 0 Å². The van der Waals surface area contributed by atoms with Gasteiger partial charge in [0, 0.05) is 47.6 Å². The summed E-state index contributed by atoms with van der Waals surface area (Å²) >= 11 is 1.93. The summed E-state index contributed by atoms with van der Waals surface area (Å²) in [5.41, 5.74) is 11.0. The Bertz CT molecular complexity index is 4110. The van der Waals surface area contributed by atoms with Crippen molar-refractivity contribution in [1.29, 1.82) is 0 Å². The maximum atomic E-state index is 6.62. The first kappa shape index (κ1) is 35.8. The number of furan rings is 1. The first-order valence-electron chi connectivity index (χ1n) is 22.3. The highest BCUT2D eigenvalue weighted by Gasteiger charge is 2.25. The van der Waals surface area contributed by atoms with Crippen molar-refractivity contribution < 1.29 is 4.42 Å². The third-order valence-corrected chi connectivity index (χ3v) is 15.2. The molecular weight excluding hydrogens is 793 g/mol. The van der Waals surface area contributed by atoms with E-state index in [1.54, 1.807) is 0 Å². The van der Waals surface area contributed by atoms with E-state index >= 15 is 0 Å². The average molecular weight is 831 g/mol. The number of fused-ring (bicyclic) bond motifs is 12. The zero-order valence-corrected chi connectivity index (χ0v) is 35.6. The molecule has 0 saturated carbocycles. The topological polar surface area (TPSA) is 13.1 Å². The van der Waals surface area contributed by atoms with Gasteiger partial charge < -0.3 is 4.42 Å². The maximum Gasteiger partial charge on any atom is 0.143 e. The second kappa shape index (κ2) is 13.9. The monoisotopic (exact) mass is 830 g/mol. The van der Waals surface area contributed by atoms with Crippen LogP contribution in [0.25, 0.3) is 131 Å². The van der Waals surface area contributed by atoms with E-state index in [0.29, 0.717) is 0 Å². The van der Waals surface area contributed by atoms with Crippen molar-refractivity contribution in [3.05, 3.63) is 216 Å². The van der Waals surface area contributed by atoms with Crippen molar-refractivity contribution in [1.82, 2.24) is 0 Å². The molecule has 64 heavy (non-hydrogen) atoms. The molecule has 0 fully saturated rings. The van der Waals surface area contributed by atoms with E-state index in [4.69, 9.17) is 4.42 Å². The minimum atomic E-state index is 0.184. The summed E-state index contributed by atoms with van der Waals surface area (Å²) in [5.74, 6) is 0.184. The largest absolute Gasteiger partial charge is 0.456 e. The van der Waals surface area contributed by atoms with E-state index in [0.717, 1.165) is 17.4 Å². The lowest BCUT2D eigenvalue weighted by Gasteiger charge is -2.22. The second-order valence-corrected chi connectivity index (χ2v) is 18.4. The Kier molecular flexibility index (Phi) is 7.75. The molecule has 1 aliphatic rings. The summed E-state index contributed by atoms with van der Waals surface area (Å²) in [6.07, 6.45) is 5.68. The quantitative estimate of drug-likeness (QED) is 0.161. The fraction of sp³-hybridized carbons (Fsp3) is 0.0323. The highest BCUT2D eigenvalue weighted by Crippen LogP contribution is 2.51. The van der Waals surface area contributed by atoms with Crippen LogP contribution in [0.1, 0.15) is 17.9 Å². The molecule has 0 saturated heterocycles. The average Bonchev–Trinajstić information content (AvgIpc) is 3.94. The third-order valence-electron chi connectivity index (χ3n) is 14.0. The van der Waals surface area contributed by atoms with E-state index in [2.05, 4.69) is 212 Å². The molecule has 2 heterocycles. The van der Waals surface area contributed by atoms with Gasteiger partial charge >= 0.3 is 0 Å². The van der Waals surface area contributed by atoms with Crippen LogP contribution in [0.4, 0.5) is 0 Å². The molecule has 1 atom stereocenters. The number of thiophene rings is 1. The normalized spacial score (nSPS) is 14.0. The van der Waals surface area contributed by atoms with Crippen molar-refractivity contribution in [3.8, 4) is 33.4 Å². The summed E-state index contributed by atoms with van der Waals surface area (Å²) in [5, 5.41) is 17.7. The minimum Gasteiger partial charge on any atom is -0.456 e. The smallest absolute Gasteiger partial charge is 0.143 e. The van der Waals surface area contributed by atoms with E-state index < -0.39 is 0 Å². The number of hydrogen-bond donors (Lipinski definition) is 0. The summed E-state index contributed by atoms with van der Waals surface area (Å²) in [7, 11) is 0. The van der Waals surface area contributed by atoms with Crippen LogP contribution >= 0.6 is 11.3 Å². The molecule has 13 aromatic rings. The highest BCUT2D eigenvalue weighted by molar-refractivity contribution is 7.26. The van der Waals surface area contributed by atoms with Gasteiger partial charge in [-0.05, 0) is 106 Å². The lowest BCUT2D eigenvalue weighted by molar-refractivity contribution is 0.573. The molecule has 0 N–H and O–H groups in total. The Morgan fingerprint density at radius 3 is 1.62 bits per heavy atom. The standard InChI is InChI=1S/C62H38OS/c1-2-17-38(18-3-1)56-41-20-6-10-24-45(41)58(46-25-11-7-21-42(46)56)50-28-15-31-55-60(50)52-30-14-29-51(62(52)64-55)59-47-26-12-8-22-43(47)57(44-23-9-13-27-48(44)59)39-33-35-54-53(36-39)49-34-32-37-16-4-5-19-40(37)61(49)63-54/h1-32,34-36,39H,33H2. The van der Waals surface area contributed by atoms with Gasteiger partial charge in [0.25, 0.3) is 0 Å². The van der Waals surface area contributed by atoms with Crippen LogP contribution in [0, 0.1) is 0 Å². The molecule has 0 radical (unpaired) electrons. The first-order chi connectivity index (χ1) is 31.8. The van der Waals surface area contributed by atoms with E-state index in [1.807, 2.05) is 11.3 Å². The SMILES string of the molecule is C1=c2oc3c(ccc4ccccc43)c2=CC(c2c3ccccc3c(-c3cccc4c3sc3cccc(-c5c6ccccc6c(-c6ccccc6)c6ccccc56)c34)c3ccccc23)C1. The molecule has 0 amide bonds. The zero-order chi connectivity index (χ0) is 41.9. The van der Waals surface area contributed by atoms with Crippen LogP contribution in [-0.4, -0.2) is 0 Å². The molecule has 1 aliphatic carbocycles. The third kappa shape index (κ3) is 5.12. The lowest BCUT2D eigenvalue weighted by Crippen LogP contribution is -2.25. The van der Waals surface area contributed by atoms with E-state index in [9.17, 15) is 0 Å². The number of rotatable bonds is 4. The Morgan fingerprint density at radius 1 is 0.406 bits per heavy atom. The summed E-state index contributed by atoms with van der Waals surface area (Å²) < 4.78 is 9.24. The van der Waals surface area contributed by atoms with Gasteiger partial charge in [-0.15, -0.1) is 11.3 Å². The lowest BCUT2D eigenvalue weighted by atomic mass is 9.81. The van der Waals surface area contributed by atoms with Crippen molar-refractivity contribution in [3.63, 3.8) is 0 Å². The molecule has 14 rings (SSSR count). The molecule has 1 nitrogen and oxygen atoms in total. The zero-order valence-electron chi connectivity index (χ0n) is 34.8. The Morgan fingerprint density at radius 2 is 0.938 bits per heavy atom. The van der Waals surface area contributed by atoms with Crippen LogP contribution < -0.4 is 10.6 Å². The predicted octanol–water partition coefficient (Wildman–Crippen LogP) is 16.3. The van der Waals surface area contributed by atoms with Gasteiger partial charge in [0.1, 0.15) is 11.0 Å². The van der Waals surface area contributed by atoms with Crippen LogP contribution in [-0.2, 0) is 0 Å². The van der Waals surface area contributed by atoms with Crippen molar-refractivity contribution in [2.45, 2.75) is 12.3 Å². The predicted molar refractivity (Wildman–Crippen MR) is 275 cm³/mol. The van der Waals surface area contributed by atoms with E-state index in [1.165, 1.54) is 124 Å². The number of benzene rings is 11. The fourth-order valence-corrected chi connectivity index (χ4v) is 12.6. The molecule has 2 aromatic heterocycles. The molecule has 298 valence electrons. The van der Waals surface area contributed by atoms with Gasteiger partial charge in [-0.3, -0.25) is 0 Å². The molecule has 2 heteroatoms. The minimum absolute atomic E-state index is 0.184. The molecule has 0 aliphatic heterocycles. The van der Waals surface area contributed by atoms with Gasteiger partial charge in [-0.25, -0.2) is 0 Å². The molecule has 0 spiro atoms. The molecular formula is C62H38OS. The van der Waals surface area contributed by atoms with Gasteiger partial charge in [-0.2, -0.15) is 0 Å². The van der Waals surface area contributed by atoms with Crippen LogP contribution in [0.2, 0.25) is 0 Å². The van der Waals surface area contributed by atoms with Gasteiger partial charge in [-0.1, -0.05) is 194 Å². The highest BCUT2D eigenvalue weighted by atomic mass is 32.1. The maximum absolute atomic E-state index is 6.62. The Labute approximate surface area is 373 Å². The summed E-state index contributed by atoms with van der Waals surface area (Å²) in [4.78, 5) is 0. The van der Waals surface area contributed by atoms with Crippen LogP contribution in [0.15, 0.2) is 205 Å².